The topological polar surface area (TPSA) is 137 Å². The van der Waals surface area contributed by atoms with Crippen molar-refractivity contribution in [2.45, 2.75) is 44.4 Å². The Morgan fingerprint density at radius 3 is 2.14 bits per heavy atom. The number of rotatable bonds is 6. The molecule has 1 aliphatic heterocycles. The fourth-order valence-corrected chi connectivity index (χ4v) is 4.39. The molecule has 188 valence electrons. The number of hydrogen-bond acceptors (Lipinski definition) is 8. The van der Waals surface area contributed by atoms with Gasteiger partial charge in [-0.15, -0.1) is 0 Å². The summed E-state index contributed by atoms with van der Waals surface area (Å²) < 4.78 is 31.7. The van der Waals surface area contributed by atoms with Crippen LogP contribution in [0.2, 0.25) is 0 Å². The SMILES string of the molecule is Cc1ccc(S(=O)(=O)O/N=C(/CCN2C(=O)c3ccccc3C2=O)n2nc(C(C)(C)C)cc2N)cc1. The van der Waals surface area contributed by atoms with E-state index in [4.69, 9.17) is 10.0 Å². The molecule has 0 fully saturated rings. The number of imide groups is 1. The number of anilines is 1. The van der Waals surface area contributed by atoms with Crippen LogP contribution in [-0.2, 0) is 19.8 Å². The lowest BCUT2D eigenvalue weighted by molar-refractivity contribution is 0.0658. The second-order valence-corrected chi connectivity index (χ2v) is 11.1. The Morgan fingerprint density at radius 2 is 1.61 bits per heavy atom. The monoisotopic (exact) mass is 509 g/mol. The summed E-state index contributed by atoms with van der Waals surface area (Å²) >= 11 is 0. The van der Waals surface area contributed by atoms with Gasteiger partial charge in [-0.1, -0.05) is 50.6 Å². The molecule has 0 bridgehead atoms. The van der Waals surface area contributed by atoms with Gasteiger partial charge in [-0.2, -0.15) is 18.2 Å². The number of oxime groups is 1. The lowest BCUT2D eigenvalue weighted by atomic mass is 9.92. The lowest BCUT2D eigenvalue weighted by Gasteiger charge is -2.16. The number of nitrogen functional groups attached to an aromatic ring is 1. The molecule has 0 atom stereocenters. The summed E-state index contributed by atoms with van der Waals surface area (Å²) in [5.41, 5.74) is 8.00. The van der Waals surface area contributed by atoms with E-state index in [0.717, 1.165) is 10.5 Å². The number of hydrogen-bond donors (Lipinski definition) is 1. The second kappa shape index (κ2) is 9.23. The quantitative estimate of drug-likeness (QED) is 0.233. The van der Waals surface area contributed by atoms with Crippen LogP contribution in [0.25, 0.3) is 0 Å². The summed E-state index contributed by atoms with van der Waals surface area (Å²) in [4.78, 5) is 26.6. The number of benzene rings is 2. The van der Waals surface area contributed by atoms with Crippen molar-refractivity contribution < 1.29 is 22.3 Å². The van der Waals surface area contributed by atoms with Crippen molar-refractivity contribution in [1.29, 1.82) is 0 Å². The first kappa shape index (κ1) is 25.1. The van der Waals surface area contributed by atoms with E-state index in [1.54, 1.807) is 42.5 Å². The largest absolute Gasteiger partial charge is 0.384 e. The molecular formula is C25H27N5O5S. The molecule has 11 heteroatoms. The summed E-state index contributed by atoms with van der Waals surface area (Å²) in [6.07, 6.45) is -0.0512. The molecule has 0 spiro atoms. The van der Waals surface area contributed by atoms with Crippen molar-refractivity contribution in [2.24, 2.45) is 5.16 Å². The van der Waals surface area contributed by atoms with Crippen molar-refractivity contribution in [3.63, 3.8) is 0 Å². The zero-order valence-corrected chi connectivity index (χ0v) is 21.2. The molecule has 0 saturated heterocycles. The van der Waals surface area contributed by atoms with Crippen molar-refractivity contribution in [2.75, 3.05) is 12.3 Å². The molecule has 0 radical (unpaired) electrons. The molecule has 0 saturated carbocycles. The van der Waals surface area contributed by atoms with E-state index < -0.39 is 21.9 Å². The van der Waals surface area contributed by atoms with Crippen molar-refractivity contribution in [1.82, 2.24) is 14.7 Å². The zero-order chi connectivity index (χ0) is 26.3. The number of nitrogens with zero attached hydrogens (tertiary/aromatic N) is 4. The Bertz CT molecular complexity index is 1430. The second-order valence-electron chi connectivity index (χ2n) is 9.52. The van der Waals surface area contributed by atoms with E-state index in [9.17, 15) is 18.0 Å². The Balaban J connectivity index is 1.65. The Kier molecular flexibility index (Phi) is 6.44. The van der Waals surface area contributed by atoms with Crippen LogP contribution >= 0.6 is 0 Å². The highest BCUT2D eigenvalue weighted by Gasteiger charge is 2.35. The van der Waals surface area contributed by atoms with Crippen LogP contribution in [0.4, 0.5) is 5.82 Å². The highest BCUT2D eigenvalue weighted by atomic mass is 32.2. The van der Waals surface area contributed by atoms with Crippen molar-refractivity contribution >= 4 is 33.6 Å². The average molecular weight is 510 g/mol. The fourth-order valence-electron chi connectivity index (χ4n) is 3.65. The first-order chi connectivity index (χ1) is 16.9. The maximum absolute atomic E-state index is 12.8. The van der Waals surface area contributed by atoms with Gasteiger partial charge in [0.2, 0.25) is 0 Å². The number of aromatic nitrogens is 2. The van der Waals surface area contributed by atoms with E-state index in [1.807, 2.05) is 27.7 Å². The molecule has 1 aromatic heterocycles. The van der Waals surface area contributed by atoms with Crippen LogP contribution in [0, 0.1) is 6.92 Å². The van der Waals surface area contributed by atoms with Gasteiger partial charge in [0, 0.05) is 24.4 Å². The number of fused-ring (bicyclic) bond motifs is 1. The molecule has 10 nitrogen and oxygen atoms in total. The van der Waals surface area contributed by atoms with Gasteiger partial charge in [-0.05, 0) is 36.3 Å². The first-order valence-corrected chi connectivity index (χ1v) is 12.7. The van der Waals surface area contributed by atoms with Crippen LogP contribution in [-0.4, -0.2) is 47.3 Å². The number of aryl methyl sites for hydroxylation is 1. The van der Waals surface area contributed by atoms with Gasteiger partial charge in [0.05, 0.1) is 16.8 Å². The molecule has 1 aliphatic rings. The minimum Gasteiger partial charge on any atom is -0.384 e. The predicted molar refractivity (Wildman–Crippen MR) is 134 cm³/mol. The Labute approximate surface area is 209 Å². The van der Waals surface area contributed by atoms with Crippen LogP contribution in [0.5, 0.6) is 0 Å². The Morgan fingerprint density at radius 1 is 1.03 bits per heavy atom. The minimum atomic E-state index is -4.23. The molecule has 0 unspecified atom stereocenters. The summed E-state index contributed by atoms with van der Waals surface area (Å²) in [5, 5.41) is 8.37. The number of nitrogens with two attached hydrogens (primary N) is 1. The summed E-state index contributed by atoms with van der Waals surface area (Å²) in [6.45, 7) is 7.61. The first-order valence-electron chi connectivity index (χ1n) is 11.3. The van der Waals surface area contributed by atoms with Crippen LogP contribution in [0.3, 0.4) is 0 Å². The van der Waals surface area contributed by atoms with Gasteiger partial charge < -0.3 is 5.73 Å². The maximum Gasteiger partial charge on any atom is 0.358 e. The van der Waals surface area contributed by atoms with Gasteiger partial charge in [0.25, 0.3) is 11.8 Å². The summed E-state index contributed by atoms with van der Waals surface area (Å²) in [7, 11) is -4.23. The third-order valence-corrected chi connectivity index (χ3v) is 6.86. The third-order valence-electron chi connectivity index (χ3n) is 5.74. The lowest BCUT2D eigenvalue weighted by Crippen LogP contribution is -2.33. The van der Waals surface area contributed by atoms with Gasteiger partial charge >= 0.3 is 10.1 Å². The highest BCUT2D eigenvalue weighted by molar-refractivity contribution is 7.86. The van der Waals surface area contributed by atoms with Gasteiger partial charge in [-0.25, -0.2) is 0 Å². The fraction of sp³-hybridized carbons (Fsp3) is 0.280. The molecule has 2 N–H and O–H groups in total. The van der Waals surface area contributed by atoms with E-state index >= 15 is 0 Å². The molecule has 0 aliphatic carbocycles. The van der Waals surface area contributed by atoms with E-state index in [0.29, 0.717) is 16.8 Å². The number of carbonyl (C=O) groups excluding carboxylic acids is 2. The Hall–Kier alpha value is -3.99. The molecule has 2 amide bonds. The van der Waals surface area contributed by atoms with E-state index in [1.165, 1.54) is 16.8 Å². The smallest absolute Gasteiger partial charge is 0.358 e. The molecule has 2 aromatic carbocycles. The zero-order valence-electron chi connectivity index (χ0n) is 20.4. The van der Waals surface area contributed by atoms with Gasteiger partial charge in [0.15, 0.2) is 5.84 Å². The summed E-state index contributed by atoms with van der Waals surface area (Å²) in [5.74, 6) is -0.647. The average Bonchev–Trinajstić information content (AvgIpc) is 3.33. The minimum absolute atomic E-state index is 0.0234. The molecule has 2 heterocycles. The normalized spacial score (nSPS) is 14.3. The predicted octanol–water partition coefficient (Wildman–Crippen LogP) is 3.32. The van der Waals surface area contributed by atoms with Crippen molar-refractivity contribution in [3.05, 3.63) is 77.0 Å². The van der Waals surface area contributed by atoms with E-state index in [-0.39, 0.29) is 34.9 Å². The molecule has 36 heavy (non-hydrogen) atoms. The molecule has 4 rings (SSSR count). The van der Waals surface area contributed by atoms with Crippen LogP contribution in [0.1, 0.15) is 59.2 Å². The van der Waals surface area contributed by atoms with Crippen molar-refractivity contribution in [3.8, 4) is 0 Å². The van der Waals surface area contributed by atoms with Crippen LogP contribution in [0.15, 0.2) is 64.6 Å². The molecule has 3 aromatic rings. The number of carbonyl (C=O) groups is 2. The third kappa shape index (κ3) is 4.87. The van der Waals surface area contributed by atoms with Gasteiger partial charge in [0.1, 0.15) is 10.7 Å². The van der Waals surface area contributed by atoms with Gasteiger partial charge in [-0.3, -0.25) is 18.8 Å². The summed E-state index contributed by atoms with van der Waals surface area (Å²) in [6, 6.07) is 14.3. The van der Waals surface area contributed by atoms with Crippen LogP contribution < -0.4 is 5.73 Å². The molecular weight excluding hydrogens is 482 g/mol. The standard InChI is InChI=1S/C25H27N5O5S/c1-16-9-11-17(12-10-16)36(33,34)35-28-22(30-21(26)15-20(27-30)25(2,3)4)13-14-29-23(31)18-7-5-6-8-19(18)24(29)32/h5-12,15H,13-14,26H2,1-4H3/b28-22-. The highest BCUT2D eigenvalue weighted by Crippen LogP contribution is 2.25. The maximum atomic E-state index is 12.8. The van der Waals surface area contributed by atoms with E-state index in [2.05, 4.69) is 10.3 Å². The number of amides is 2.